The van der Waals surface area contributed by atoms with Gasteiger partial charge in [0.2, 0.25) is 5.91 Å². The molecule has 118 valence electrons. The first-order chi connectivity index (χ1) is 9.65. The normalized spacial score (nSPS) is 15.3. The van der Waals surface area contributed by atoms with Crippen molar-refractivity contribution in [2.45, 2.75) is 32.6 Å². The van der Waals surface area contributed by atoms with E-state index in [2.05, 4.69) is 10.6 Å². The number of halogens is 2. The molecular formula is C16H24ClFN2O. The molecule has 21 heavy (non-hydrogen) atoms. The lowest BCUT2D eigenvalue weighted by atomic mass is 9.94. The number of hydrogen-bond donors (Lipinski definition) is 2. The third-order valence-corrected chi connectivity index (χ3v) is 3.95. The van der Waals surface area contributed by atoms with Crippen molar-refractivity contribution in [2.75, 3.05) is 19.6 Å². The molecule has 1 heterocycles. The summed E-state index contributed by atoms with van der Waals surface area (Å²) in [4.78, 5) is 11.8. The molecule has 0 aromatic heterocycles. The quantitative estimate of drug-likeness (QED) is 0.877. The van der Waals surface area contributed by atoms with Crippen LogP contribution in [-0.4, -0.2) is 25.5 Å². The average molecular weight is 315 g/mol. The highest BCUT2D eigenvalue weighted by molar-refractivity contribution is 5.85. The van der Waals surface area contributed by atoms with Crippen molar-refractivity contribution < 1.29 is 9.18 Å². The molecule has 1 aliphatic heterocycles. The van der Waals surface area contributed by atoms with E-state index in [0.717, 1.165) is 43.5 Å². The molecule has 0 radical (unpaired) electrons. The van der Waals surface area contributed by atoms with Crippen LogP contribution in [0, 0.1) is 18.7 Å². The van der Waals surface area contributed by atoms with Gasteiger partial charge in [-0.25, -0.2) is 4.39 Å². The minimum Gasteiger partial charge on any atom is -0.356 e. The Morgan fingerprint density at radius 3 is 2.76 bits per heavy atom. The summed E-state index contributed by atoms with van der Waals surface area (Å²) < 4.78 is 13.0. The fraction of sp³-hybridized carbons (Fsp3) is 0.562. The maximum Gasteiger partial charge on any atom is 0.220 e. The Balaban J connectivity index is 0.00000220. The monoisotopic (exact) mass is 314 g/mol. The maximum atomic E-state index is 13.0. The molecule has 1 aromatic carbocycles. The Morgan fingerprint density at radius 1 is 1.38 bits per heavy atom. The second-order valence-corrected chi connectivity index (χ2v) is 5.57. The molecule has 1 saturated heterocycles. The molecule has 0 bridgehead atoms. The van der Waals surface area contributed by atoms with Crippen LogP contribution >= 0.6 is 12.4 Å². The van der Waals surface area contributed by atoms with Gasteiger partial charge >= 0.3 is 0 Å². The topological polar surface area (TPSA) is 41.1 Å². The Kier molecular flexibility index (Phi) is 7.68. The summed E-state index contributed by atoms with van der Waals surface area (Å²) >= 11 is 0. The predicted molar refractivity (Wildman–Crippen MR) is 85.3 cm³/mol. The average Bonchev–Trinajstić information content (AvgIpc) is 2.42. The maximum absolute atomic E-state index is 13.0. The fourth-order valence-corrected chi connectivity index (χ4v) is 2.70. The van der Waals surface area contributed by atoms with Crippen LogP contribution in [0.15, 0.2) is 18.2 Å². The van der Waals surface area contributed by atoms with E-state index in [1.165, 1.54) is 12.1 Å². The first-order valence-electron chi connectivity index (χ1n) is 7.37. The van der Waals surface area contributed by atoms with E-state index in [1.54, 1.807) is 6.07 Å². The van der Waals surface area contributed by atoms with E-state index in [4.69, 9.17) is 0 Å². The van der Waals surface area contributed by atoms with E-state index < -0.39 is 0 Å². The van der Waals surface area contributed by atoms with Gasteiger partial charge in [0.25, 0.3) is 0 Å². The Bertz CT molecular complexity index is 462. The van der Waals surface area contributed by atoms with E-state index in [9.17, 15) is 9.18 Å². The minimum absolute atomic E-state index is 0. The molecule has 1 aliphatic rings. The van der Waals surface area contributed by atoms with Gasteiger partial charge < -0.3 is 10.6 Å². The molecule has 3 nitrogen and oxygen atoms in total. The number of nitrogens with one attached hydrogen (secondary N) is 2. The molecule has 2 N–H and O–H groups in total. The summed E-state index contributed by atoms with van der Waals surface area (Å²) in [6, 6.07) is 4.80. The van der Waals surface area contributed by atoms with Crippen LogP contribution in [0.4, 0.5) is 4.39 Å². The summed E-state index contributed by atoms with van der Waals surface area (Å²) in [6.45, 7) is 4.56. The summed E-state index contributed by atoms with van der Waals surface area (Å²) in [5.41, 5.74) is 2.03. The highest BCUT2D eigenvalue weighted by Gasteiger charge is 2.16. The van der Waals surface area contributed by atoms with Gasteiger partial charge in [0.15, 0.2) is 0 Å². The van der Waals surface area contributed by atoms with E-state index in [0.29, 0.717) is 18.9 Å². The number of piperidine rings is 1. The van der Waals surface area contributed by atoms with Crippen LogP contribution in [-0.2, 0) is 11.2 Å². The standard InChI is InChI=1S/C16H23FN2O.ClH/c1-12-10-15(17)3-2-14(12)6-9-19-16(20)11-13-4-7-18-8-5-13;/h2-3,10,13,18H,4-9,11H2,1H3,(H,19,20);1H. The van der Waals surface area contributed by atoms with Crippen LogP contribution in [0.3, 0.4) is 0 Å². The number of carbonyl (C=O) groups excluding carboxylic acids is 1. The largest absolute Gasteiger partial charge is 0.356 e. The molecule has 2 rings (SSSR count). The van der Waals surface area contributed by atoms with Crippen molar-refractivity contribution in [3.05, 3.63) is 35.1 Å². The number of carbonyl (C=O) groups is 1. The Labute approximate surface area is 132 Å². The van der Waals surface area contributed by atoms with E-state index in [-0.39, 0.29) is 24.1 Å². The van der Waals surface area contributed by atoms with Crippen molar-refractivity contribution in [3.63, 3.8) is 0 Å². The third-order valence-electron chi connectivity index (χ3n) is 3.95. The van der Waals surface area contributed by atoms with Crippen LogP contribution < -0.4 is 10.6 Å². The fourth-order valence-electron chi connectivity index (χ4n) is 2.70. The first-order valence-corrected chi connectivity index (χ1v) is 7.37. The van der Waals surface area contributed by atoms with Crippen LogP contribution in [0.1, 0.15) is 30.4 Å². The summed E-state index contributed by atoms with van der Waals surface area (Å²) in [5.74, 6) is 0.446. The zero-order valence-electron chi connectivity index (χ0n) is 12.5. The summed E-state index contributed by atoms with van der Waals surface area (Å²) in [5, 5.41) is 6.27. The van der Waals surface area contributed by atoms with Gasteiger partial charge in [-0.05, 0) is 68.5 Å². The Hall–Kier alpha value is -1.13. The van der Waals surface area contributed by atoms with Crippen LogP contribution in [0.25, 0.3) is 0 Å². The molecule has 1 fully saturated rings. The zero-order chi connectivity index (χ0) is 14.4. The van der Waals surface area contributed by atoms with Gasteiger partial charge in [0.05, 0.1) is 0 Å². The molecule has 1 amide bonds. The second-order valence-electron chi connectivity index (χ2n) is 5.57. The van der Waals surface area contributed by atoms with Gasteiger partial charge in [-0.1, -0.05) is 6.07 Å². The van der Waals surface area contributed by atoms with E-state index >= 15 is 0 Å². The van der Waals surface area contributed by atoms with Gasteiger partial charge in [-0.2, -0.15) is 0 Å². The van der Waals surface area contributed by atoms with E-state index in [1.807, 2.05) is 6.92 Å². The SMILES string of the molecule is Cc1cc(F)ccc1CCNC(=O)CC1CCNCC1.Cl. The molecule has 1 aromatic rings. The first kappa shape index (κ1) is 17.9. The van der Waals surface area contributed by atoms with Crippen molar-refractivity contribution >= 4 is 18.3 Å². The number of hydrogen-bond acceptors (Lipinski definition) is 2. The molecule has 0 unspecified atom stereocenters. The second kappa shape index (κ2) is 9.00. The number of aryl methyl sites for hydroxylation is 1. The highest BCUT2D eigenvalue weighted by atomic mass is 35.5. The van der Waals surface area contributed by atoms with Gasteiger partial charge in [-0.3, -0.25) is 4.79 Å². The number of benzene rings is 1. The summed E-state index contributed by atoms with van der Waals surface area (Å²) in [7, 11) is 0. The third kappa shape index (κ3) is 6.02. The molecular weight excluding hydrogens is 291 g/mol. The lowest BCUT2D eigenvalue weighted by molar-refractivity contribution is -0.122. The number of amides is 1. The molecule has 0 aliphatic carbocycles. The van der Waals surface area contributed by atoms with Crippen molar-refractivity contribution in [2.24, 2.45) is 5.92 Å². The van der Waals surface area contributed by atoms with Gasteiger partial charge in [0.1, 0.15) is 5.82 Å². The lowest BCUT2D eigenvalue weighted by Crippen LogP contribution is -2.33. The van der Waals surface area contributed by atoms with Crippen LogP contribution in [0.2, 0.25) is 0 Å². The Morgan fingerprint density at radius 2 is 2.10 bits per heavy atom. The van der Waals surface area contributed by atoms with Crippen molar-refractivity contribution in [3.8, 4) is 0 Å². The smallest absolute Gasteiger partial charge is 0.220 e. The summed E-state index contributed by atoms with van der Waals surface area (Å²) in [6.07, 6.45) is 3.56. The molecule has 5 heteroatoms. The molecule has 0 atom stereocenters. The minimum atomic E-state index is -0.207. The van der Waals surface area contributed by atoms with Gasteiger partial charge in [-0.15, -0.1) is 12.4 Å². The van der Waals surface area contributed by atoms with Crippen molar-refractivity contribution in [1.82, 2.24) is 10.6 Å². The van der Waals surface area contributed by atoms with Crippen molar-refractivity contribution in [1.29, 1.82) is 0 Å². The predicted octanol–water partition coefficient (Wildman–Crippen LogP) is 2.60. The lowest BCUT2D eigenvalue weighted by Gasteiger charge is -2.21. The molecule has 0 saturated carbocycles. The van der Waals surface area contributed by atoms with Crippen LogP contribution in [0.5, 0.6) is 0 Å². The molecule has 0 spiro atoms. The highest BCUT2D eigenvalue weighted by Crippen LogP contribution is 2.15. The number of rotatable bonds is 5. The zero-order valence-corrected chi connectivity index (χ0v) is 13.3. The van der Waals surface area contributed by atoms with Gasteiger partial charge in [0, 0.05) is 13.0 Å².